The molecule has 2 amide bonds. The molecule has 1 aliphatic heterocycles. The third kappa shape index (κ3) is 20.8. The number of Topliss-reactive ketones (excluding diaryl/α,β-unsaturated/α-hetero) is 1. The Morgan fingerprint density at radius 1 is 0.942 bits per heavy atom. The number of aliphatic hydroxyl groups is 2. The molecular weight excluding hydrogens is 999 g/mol. The molecule has 0 saturated carbocycles. The molecule has 1 aliphatic rings. The van der Waals surface area contributed by atoms with Crippen molar-refractivity contribution in [3.8, 4) is 0 Å². The molecule has 0 aromatic carbocycles. The first-order chi connectivity index (χ1) is 32.0. The number of carboxylic acids is 1. The normalized spacial score (nSPS) is 21.1. The average Bonchev–Trinajstić information content (AvgIpc) is 3.80. The number of hydrogen-bond donors (Lipinski definition) is 5. The zero-order chi connectivity index (χ0) is 51.9. The Balaban J connectivity index is 1.35. The number of imidazole rings is 1. The summed E-state index contributed by atoms with van der Waals surface area (Å²) < 4.78 is 60.7. The highest BCUT2D eigenvalue weighted by Crippen LogP contribution is 2.56. The van der Waals surface area contributed by atoms with Crippen LogP contribution in [-0.4, -0.2) is 115 Å². The molecule has 27 nitrogen and oxygen atoms in total. The molecule has 2 aromatic heterocycles. The average molecular weight is 1060 g/mol. The standard InChI is InChI=1S/C38H64N7O20P3S/c1-22(8-6-10-23(2)16-28(48)49)9-7-11-24(3)25(46)17-29(50)69-15-14-40-27(47)12-13-41-36(53)33(52)38(4,5)19-62-68(59,60)65-67(57,58)61-18-26-32(64-66(54,55)56)31(51)37(63-26)45-21-44-30-34(39)42-20-43-35(30)45/h20-24,26,31-33,37,51-52H,6-19H2,1-5H3,(H,40,47)(H,41,53)(H,48,49)(H,57,58)(H,59,60)(H2,39,42,43)(H2,54,55,56)/p-5/t22?,23?,24?,26-,31+,32-,33+,37-/m1/s1. The summed E-state index contributed by atoms with van der Waals surface area (Å²) in [5.74, 6) is -2.54. The number of aliphatic hydroxyl groups excluding tert-OH is 2. The lowest BCUT2D eigenvalue weighted by Crippen LogP contribution is -2.46. The number of phosphoric ester groups is 3. The number of phosphoric acid groups is 3. The number of fused-ring (bicyclic) bond motifs is 1. The van der Waals surface area contributed by atoms with E-state index in [4.69, 9.17) is 10.5 Å². The first kappa shape index (κ1) is 60.0. The maximum atomic E-state index is 12.7. The minimum absolute atomic E-state index is 0.0315. The van der Waals surface area contributed by atoms with E-state index in [1.54, 1.807) is 6.92 Å². The molecule has 3 rings (SSSR count). The fourth-order valence-electron chi connectivity index (χ4n) is 6.92. The molecule has 0 radical (unpaired) electrons. The Hall–Kier alpha value is -3.30. The van der Waals surface area contributed by atoms with Crippen molar-refractivity contribution >= 4 is 80.9 Å². The first-order valence-electron chi connectivity index (χ1n) is 21.7. The molecule has 10 atom stereocenters. The lowest BCUT2D eigenvalue weighted by atomic mass is 9.87. The van der Waals surface area contributed by atoms with Crippen LogP contribution in [0, 0.1) is 23.2 Å². The van der Waals surface area contributed by atoms with E-state index < -0.39 is 90.5 Å². The second-order valence-electron chi connectivity index (χ2n) is 17.4. The minimum Gasteiger partial charge on any atom is -0.790 e. The van der Waals surface area contributed by atoms with E-state index in [-0.39, 0.29) is 77.8 Å². The van der Waals surface area contributed by atoms with Gasteiger partial charge in [-0.25, -0.2) is 19.3 Å². The lowest BCUT2D eigenvalue weighted by Gasteiger charge is -2.36. The molecule has 0 spiro atoms. The van der Waals surface area contributed by atoms with Gasteiger partial charge in [-0.05, 0) is 24.7 Å². The highest BCUT2D eigenvalue weighted by Gasteiger charge is 2.47. The zero-order valence-corrected chi connectivity index (χ0v) is 42.0. The summed E-state index contributed by atoms with van der Waals surface area (Å²) in [4.78, 5) is 120. The number of anilines is 1. The van der Waals surface area contributed by atoms with Gasteiger partial charge >= 0.3 is 0 Å². The second-order valence-corrected chi connectivity index (χ2v) is 22.6. The van der Waals surface area contributed by atoms with Crippen molar-refractivity contribution in [3.05, 3.63) is 12.7 Å². The van der Waals surface area contributed by atoms with Gasteiger partial charge in [0.2, 0.25) is 11.8 Å². The van der Waals surface area contributed by atoms with Crippen molar-refractivity contribution in [3.63, 3.8) is 0 Å². The third-order valence-corrected chi connectivity index (χ3v) is 14.7. The highest BCUT2D eigenvalue weighted by molar-refractivity contribution is 8.13. The van der Waals surface area contributed by atoms with Crippen LogP contribution in [0.5, 0.6) is 0 Å². The van der Waals surface area contributed by atoms with Crippen molar-refractivity contribution in [2.45, 2.75) is 123 Å². The highest BCUT2D eigenvalue weighted by atomic mass is 32.2. The Morgan fingerprint density at radius 2 is 1.58 bits per heavy atom. The van der Waals surface area contributed by atoms with Gasteiger partial charge in [0.1, 0.15) is 42.0 Å². The van der Waals surface area contributed by atoms with Crippen molar-refractivity contribution in [1.82, 2.24) is 30.2 Å². The maximum absolute atomic E-state index is 12.7. The van der Waals surface area contributed by atoms with Gasteiger partial charge < -0.3 is 78.9 Å². The van der Waals surface area contributed by atoms with E-state index in [1.165, 1.54) is 13.8 Å². The number of nitrogens with one attached hydrogen (secondary N) is 2. The Bertz CT molecular complexity index is 2220. The summed E-state index contributed by atoms with van der Waals surface area (Å²) in [6.45, 7) is 5.60. The number of nitrogens with two attached hydrogens (primary N) is 1. The number of thioether (sulfide) groups is 1. The van der Waals surface area contributed by atoms with Crippen molar-refractivity contribution in [2.24, 2.45) is 23.2 Å². The van der Waals surface area contributed by atoms with Crippen LogP contribution >= 0.6 is 35.2 Å². The van der Waals surface area contributed by atoms with Crippen molar-refractivity contribution in [1.29, 1.82) is 0 Å². The maximum Gasteiger partial charge on any atom is 0.274 e. The molecule has 31 heteroatoms. The van der Waals surface area contributed by atoms with Gasteiger partial charge in [-0.2, -0.15) is 0 Å². The summed E-state index contributed by atoms with van der Waals surface area (Å²) in [6, 6.07) is 0. The van der Waals surface area contributed by atoms with E-state index in [0.29, 0.717) is 12.3 Å². The molecule has 1 fully saturated rings. The number of carbonyl (C=O) groups excluding carboxylic acids is 5. The molecule has 5 unspecified atom stereocenters. The van der Waals surface area contributed by atoms with Gasteiger partial charge in [0.15, 0.2) is 22.8 Å². The van der Waals surface area contributed by atoms with Crippen LogP contribution in [0.25, 0.3) is 11.2 Å². The zero-order valence-electron chi connectivity index (χ0n) is 38.5. The van der Waals surface area contributed by atoms with Crippen molar-refractivity contribution < 1.29 is 95.2 Å². The Labute approximate surface area is 401 Å². The van der Waals surface area contributed by atoms with Crippen LogP contribution in [0.4, 0.5) is 5.82 Å². The number of nitrogens with zero attached hydrogens (tertiary/aromatic N) is 4. The predicted octanol–water partition coefficient (Wildman–Crippen LogP) is -1.52. The van der Waals surface area contributed by atoms with Crippen LogP contribution < -0.4 is 41.0 Å². The summed E-state index contributed by atoms with van der Waals surface area (Å²) in [7, 11) is -17.7. The molecule has 0 aliphatic carbocycles. The number of ether oxygens (including phenoxy) is 1. The van der Waals surface area contributed by atoms with E-state index in [1.807, 2.05) is 6.92 Å². The molecule has 0 bridgehead atoms. The SMILES string of the molecule is CC(CCCC(C)CC(=O)[O-])CCCC(C)C(=O)CC(=O)SCCNC(=O)CCNC(=O)[C@H](O)C(C)(C)COP(=O)([O-])OP(=O)([O-])OC[C@H]1O[C@@H](n2cnc3c(N)ncnc32)[C@@H](O)[C@@H]1OP(=O)([O-])[O-]. The second kappa shape index (κ2) is 26.9. The van der Waals surface area contributed by atoms with Gasteiger partial charge in [0.25, 0.3) is 15.6 Å². The third-order valence-electron chi connectivity index (χ3n) is 10.9. The van der Waals surface area contributed by atoms with Gasteiger partial charge in [0, 0.05) is 42.6 Å². The first-order valence-corrected chi connectivity index (χ1v) is 27.1. The van der Waals surface area contributed by atoms with Gasteiger partial charge in [0.05, 0.1) is 33.8 Å². The van der Waals surface area contributed by atoms with Crippen LogP contribution in [0.3, 0.4) is 0 Å². The lowest BCUT2D eigenvalue weighted by molar-refractivity contribution is -0.347. The number of carboxylic acid groups (broad SMARTS) is 1. The van der Waals surface area contributed by atoms with Crippen LogP contribution in [0.15, 0.2) is 12.7 Å². The van der Waals surface area contributed by atoms with E-state index in [9.17, 15) is 72.6 Å². The van der Waals surface area contributed by atoms with Crippen LogP contribution in [0.2, 0.25) is 0 Å². The van der Waals surface area contributed by atoms with Crippen molar-refractivity contribution in [2.75, 3.05) is 37.8 Å². The molecule has 2 aromatic rings. The molecule has 3 heterocycles. The Morgan fingerprint density at radius 3 is 2.23 bits per heavy atom. The number of amides is 2. The number of aliphatic carboxylic acids is 1. The fourth-order valence-corrected chi connectivity index (χ4v) is 10.3. The summed E-state index contributed by atoms with van der Waals surface area (Å²) in [6.07, 6.45) is -2.96. The van der Waals surface area contributed by atoms with E-state index >= 15 is 0 Å². The predicted molar refractivity (Wildman–Crippen MR) is 233 cm³/mol. The number of rotatable bonds is 32. The molecule has 392 valence electrons. The monoisotopic (exact) mass is 1060 g/mol. The van der Waals surface area contributed by atoms with E-state index in [2.05, 4.69) is 50.4 Å². The number of nitrogen functional groups attached to an aromatic ring is 1. The molecule has 69 heavy (non-hydrogen) atoms. The Kier molecular flexibility index (Phi) is 23.4. The van der Waals surface area contributed by atoms with E-state index in [0.717, 1.165) is 61.1 Å². The molecule has 6 N–H and O–H groups in total. The van der Waals surface area contributed by atoms with Crippen LogP contribution in [-0.2, 0) is 60.3 Å². The molecule has 1 saturated heterocycles. The molecular formula is C38H59N7O20P3S-5. The number of aromatic nitrogens is 4. The quantitative estimate of drug-likeness (QED) is 0.0316. The van der Waals surface area contributed by atoms with Crippen LogP contribution in [0.1, 0.15) is 98.6 Å². The summed E-state index contributed by atoms with van der Waals surface area (Å²) >= 11 is 0.886. The number of ketones is 1. The number of hydrogen-bond acceptors (Lipinski definition) is 25. The smallest absolute Gasteiger partial charge is 0.274 e. The largest absolute Gasteiger partial charge is 0.790 e. The van der Waals surface area contributed by atoms with Gasteiger partial charge in [-0.1, -0.05) is 78.5 Å². The topological polar surface area (TPSA) is 432 Å². The van der Waals surface area contributed by atoms with Gasteiger partial charge in [-0.3, -0.25) is 32.9 Å². The fraction of sp³-hybridized carbons (Fsp3) is 0.737. The summed E-state index contributed by atoms with van der Waals surface area (Å²) in [5, 5.41) is 36.7. The summed E-state index contributed by atoms with van der Waals surface area (Å²) in [5.41, 5.74) is 4.01. The number of carbonyl (C=O) groups is 5. The minimum atomic E-state index is -5.95. The van der Waals surface area contributed by atoms with Gasteiger partial charge in [-0.15, -0.1) is 0 Å².